The number of para-hydroxylation sites is 2. The molecule has 6 nitrogen and oxygen atoms in total. The van der Waals surface area contributed by atoms with Gasteiger partial charge < -0.3 is 19.1 Å². The number of rotatable bonds is 3. The number of hydrogen-bond donors (Lipinski definition) is 0. The van der Waals surface area contributed by atoms with Crippen LogP contribution in [0.4, 0.5) is 5.95 Å². The molecule has 1 saturated heterocycles. The van der Waals surface area contributed by atoms with Crippen LogP contribution >= 0.6 is 0 Å². The number of imidazole rings is 1. The van der Waals surface area contributed by atoms with Crippen molar-refractivity contribution in [1.29, 1.82) is 0 Å². The Labute approximate surface area is 152 Å². The Morgan fingerprint density at radius 3 is 2.35 bits per heavy atom. The van der Waals surface area contributed by atoms with Gasteiger partial charge in [-0.25, -0.2) is 4.98 Å². The van der Waals surface area contributed by atoms with E-state index in [1.807, 2.05) is 54.4 Å². The van der Waals surface area contributed by atoms with E-state index in [9.17, 15) is 4.79 Å². The van der Waals surface area contributed by atoms with Crippen molar-refractivity contribution in [1.82, 2.24) is 14.5 Å². The second-order valence-corrected chi connectivity index (χ2v) is 6.47. The maximum absolute atomic E-state index is 12.7. The predicted octanol–water partition coefficient (Wildman–Crippen LogP) is 2.54. The number of carbonyl (C=O) groups is 1. The van der Waals surface area contributed by atoms with Crippen LogP contribution in [0.2, 0.25) is 0 Å². The normalized spacial score (nSPS) is 14.7. The lowest BCUT2D eigenvalue weighted by Gasteiger charge is -2.35. The molecule has 0 N–H and O–H groups in total. The molecule has 2 heterocycles. The van der Waals surface area contributed by atoms with Gasteiger partial charge in [-0.3, -0.25) is 4.79 Å². The molecule has 0 bridgehead atoms. The Morgan fingerprint density at radius 1 is 1.00 bits per heavy atom. The molecule has 1 aliphatic rings. The number of ether oxygens (including phenoxy) is 1. The first-order valence-electron chi connectivity index (χ1n) is 8.77. The van der Waals surface area contributed by atoms with Crippen LogP contribution in [0.25, 0.3) is 11.0 Å². The van der Waals surface area contributed by atoms with Gasteiger partial charge in [-0.05, 0) is 36.4 Å². The third kappa shape index (κ3) is 2.87. The summed E-state index contributed by atoms with van der Waals surface area (Å²) in [6, 6.07) is 15.4. The fraction of sp³-hybridized carbons (Fsp3) is 0.300. The van der Waals surface area contributed by atoms with Gasteiger partial charge in [0.25, 0.3) is 5.91 Å². The van der Waals surface area contributed by atoms with Gasteiger partial charge in [-0.15, -0.1) is 0 Å². The molecular formula is C20H22N4O2. The van der Waals surface area contributed by atoms with Crippen molar-refractivity contribution in [2.45, 2.75) is 0 Å². The highest BCUT2D eigenvalue weighted by Gasteiger charge is 2.24. The molecule has 2 aromatic carbocycles. The summed E-state index contributed by atoms with van der Waals surface area (Å²) < 4.78 is 7.27. The number of benzene rings is 2. The molecule has 0 unspecified atom stereocenters. The fourth-order valence-corrected chi connectivity index (χ4v) is 3.44. The van der Waals surface area contributed by atoms with Crippen LogP contribution in [0.3, 0.4) is 0 Å². The Morgan fingerprint density at radius 2 is 1.69 bits per heavy atom. The largest absolute Gasteiger partial charge is 0.497 e. The van der Waals surface area contributed by atoms with E-state index in [0.29, 0.717) is 18.7 Å². The fourth-order valence-electron chi connectivity index (χ4n) is 3.44. The number of amides is 1. The summed E-state index contributed by atoms with van der Waals surface area (Å²) in [6.07, 6.45) is 0. The van der Waals surface area contributed by atoms with Gasteiger partial charge in [0.2, 0.25) is 5.95 Å². The minimum absolute atomic E-state index is 0.0669. The molecule has 0 radical (unpaired) electrons. The summed E-state index contributed by atoms with van der Waals surface area (Å²) >= 11 is 0. The highest BCUT2D eigenvalue weighted by molar-refractivity contribution is 5.94. The number of methoxy groups -OCH3 is 1. The first-order valence-corrected chi connectivity index (χ1v) is 8.77. The summed E-state index contributed by atoms with van der Waals surface area (Å²) in [5.74, 6) is 1.79. The number of hydrogen-bond acceptors (Lipinski definition) is 4. The zero-order valence-electron chi connectivity index (χ0n) is 15.1. The van der Waals surface area contributed by atoms with Crippen LogP contribution in [0.5, 0.6) is 5.75 Å². The van der Waals surface area contributed by atoms with E-state index < -0.39 is 0 Å². The van der Waals surface area contributed by atoms with Gasteiger partial charge in [-0.1, -0.05) is 12.1 Å². The minimum Gasteiger partial charge on any atom is -0.497 e. The van der Waals surface area contributed by atoms with Crippen molar-refractivity contribution < 1.29 is 9.53 Å². The summed E-state index contributed by atoms with van der Waals surface area (Å²) in [4.78, 5) is 21.6. The third-order valence-electron chi connectivity index (χ3n) is 4.95. The molecule has 1 amide bonds. The van der Waals surface area contributed by atoms with E-state index in [-0.39, 0.29) is 5.91 Å². The van der Waals surface area contributed by atoms with E-state index in [0.717, 1.165) is 35.8 Å². The average molecular weight is 350 g/mol. The smallest absolute Gasteiger partial charge is 0.253 e. The summed E-state index contributed by atoms with van der Waals surface area (Å²) in [7, 11) is 3.66. The quantitative estimate of drug-likeness (QED) is 0.728. The first kappa shape index (κ1) is 16.4. The molecule has 0 atom stereocenters. The number of anilines is 1. The van der Waals surface area contributed by atoms with Crippen LogP contribution in [0.15, 0.2) is 48.5 Å². The molecule has 3 aromatic rings. The monoisotopic (exact) mass is 350 g/mol. The van der Waals surface area contributed by atoms with Gasteiger partial charge in [0.1, 0.15) is 5.75 Å². The van der Waals surface area contributed by atoms with Gasteiger partial charge in [0.15, 0.2) is 0 Å². The molecule has 0 saturated carbocycles. The zero-order chi connectivity index (χ0) is 18.1. The maximum atomic E-state index is 12.7. The summed E-state index contributed by atoms with van der Waals surface area (Å²) in [6.45, 7) is 2.93. The highest BCUT2D eigenvalue weighted by atomic mass is 16.5. The Kier molecular flexibility index (Phi) is 4.24. The van der Waals surface area contributed by atoms with E-state index in [4.69, 9.17) is 9.72 Å². The van der Waals surface area contributed by atoms with Crippen molar-refractivity contribution in [3.8, 4) is 5.75 Å². The SMILES string of the molecule is COc1ccc(C(=O)N2CCN(c3nc4ccccc4n3C)CC2)cc1. The lowest BCUT2D eigenvalue weighted by molar-refractivity contribution is 0.0746. The Hall–Kier alpha value is -3.02. The van der Waals surface area contributed by atoms with Crippen LogP contribution in [0.1, 0.15) is 10.4 Å². The lowest BCUT2D eigenvalue weighted by atomic mass is 10.1. The highest BCUT2D eigenvalue weighted by Crippen LogP contribution is 2.22. The van der Waals surface area contributed by atoms with E-state index in [2.05, 4.69) is 15.5 Å². The minimum atomic E-state index is 0.0669. The Balaban J connectivity index is 1.46. The molecule has 6 heteroatoms. The van der Waals surface area contributed by atoms with Crippen molar-refractivity contribution in [3.63, 3.8) is 0 Å². The number of nitrogens with zero attached hydrogens (tertiary/aromatic N) is 4. The second-order valence-electron chi connectivity index (χ2n) is 6.47. The Bertz CT molecular complexity index is 925. The number of fused-ring (bicyclic) bond motifs is 1. The molecule has 0 aliphatic carbocycles. The van der Waals surface area contributed by atoms with Gasteiger partial charge in [0, 0.05) is 38.8 Å². The average Bonchev–Trinajstić information content (AvgIpc) is 3.04. The molecule has 134 valence electrons. The van der Waals surface area contributed by atoms with Crippen molar-refractivity contribution in [2.24, 2.45) is 7.05 Å². The van der Waals surface area contributed by atoms with Crippen LogP contribution in [-0.4, -0.2) is 53.6 Å². The number of carbonyl (C=O) groups excluding carboxylic acids is 1. The number of piperazine rings is 1. The van der Waals surface area contributed by atoms with Gasteiger partial charge in [0.05, 0.1) is 18.1 Å². The van der Waals surface area contributed by atoms with Crippen LogP contribution in [0, 0.1) is 0 Å². The topological polar surface area (TPSA) is 50.6 Å². The second kappa shape index (κ2) is 6.71. The van der Waals surface area contributed by atoms with Crippen molar-refractivity contribution in [2.75, 3.05) is 38.2 Å². The number of aryl methyl sites for hydroxylation is 1. The lowest BCUT2D eigenvalue weighted by Crippen LogP contribution is -2.49. The summed E-state index contributed by atoms with van der Waals surface area (Å²) in [5, 5.41) is 0. The number of aromatic nitrogens is 2. The molecule has 4 rings (SSSR count). The van der Waals surface area contributed by atoms with Crippen LogP contribution in [-0.2, 0) is 7.05 Å². The molecule has 26 heavy (non-hydrogen) atoms. The third-order valence-corrected chi connectivity index (χ3v) is 4.95. The molecule has 1 fully saturated rings. The molecule has 1 aromatic heterocycles. The van der Waals surface area contributed by atoms with Crippen molar-refractivity contribution in [3.05, 3.63) is 54.1 Å². The molecular weight excluding hydrogens is 328 g/mol. The maximum Gasteiger partial charge on any atom is 0.253 e. The zero-order valence-corrected chi connectivity index (χ0v) is 15.1. The van der Waals surface area contributed by atoms with Crippen LogP contribution < -0.4 is 9.64 Å². The van der Waals surface area contributed by atoms with E-state index >= 15 is 0 Å². The van der Waals surface area contributed by atoms with E-state index in [1.165, 1.54) is 0 Å². The first-order chi connectivity index (χ1) is 12.7. The van der Waals surface area contributed by atoms with Crippen molar-refractivity contribution >= 4 is 22.9 Å². The van der Waals surface area contributed by atoms with Gasteiger partial charge in [-0.2, -0.15) is 0 Å². The molecule has 1 aliphatic heterocycles. The van der Waals surface area contributed by atoms with E-state index in [1.54, 1.807) is 7.11 Å². The van der Waals surface area contributed by atoms with Gasteiger partial charge >= 0.3 is 0 Å². The predicted molar refractivity (Wildman–Crippen MR) is 102 cm³/mol. The summed E-state index contributed by atoms with van der Waals surface area (Å²) in [5.41, 5.74) is 2.82. The standard InChI is InChI=1S/C20H22N4O2/c1-22-18-6-4-3-5-17(18)21-20(22)24-13-11-23(12-14-24)19(25)15-7-9-16(26-2)10-8-15/h3-10H,11-14H2,1-2H3. The molecule has 0 spiro atoms.